The van der Waals surface area contributed by atoms with E-state index in [1.165, 1.54) is 25.7 Å². The second-order valence-corrected chi connectivity index (χ2v) is 6.39. The summed E-state index contributed by atoms with van der Waals surface area (Å²) in [4.78, 5) is 24.3. The summed E-state index contributed by atoms with van der Waals surface area (Å²) in [5.41, 5.74) is -1.33. The number of ether oxygens (including phenoxy) is 3. The van der Waals surface area contributed by atoms with E-state index < -0.39 is 42.4 Å². The lowest BCUT2D eigenvalue weighted by molar-refractivity contribution is -0.0550. The molecule has 0 saturated carbocycles. The minimum Gasteiger partial charge on any atom is -0.394 e. The largest absolute Gasteiger partial charge is 0.394 e. The van der Waals surface area contributed by atoms with Crippen LogP contribution in [0.2, 0.25) is 0 Å². The van der Waals surface area contributed by atoms with Gasteiger partial charge in [0.2, 0.25) is 0 Å². The Morgan fingerprint density at radius 3 is 1.93 bits per heavy atom. The number of nitrogens with one attached hydrogen (secondary N) is 1. The summed E-state index contributed by atoms with van der Waals surface area (Å²) in [5, 5.41) is 28.1. The Kier molecular flexibility index (Phi) is 9.11. The normalized spacial score (nSPS) is 29.6. The first-order valence-corrected chi connectivity index (χ1v) is 9.14. The molecule has 3 saturated heterocycles. The van der Waals surface area contributed by atoms with E-state index in [0.29, 0.717) is 0 Å². The van der Waals surface area contributed by atoms with Crippen LogP contribution in [0.3, 0.4) is 0 Å². The third-order valence-electron chi connectivity index (χ3n) is 4.30. The molecule has 0 spiro atoms. The van der Waals surface area contributed by atoms with Gasteiger partial charge in [0.15, 0.2) is 6.23 Å². The maximum atomic E-state index is 11.4. The SMILES string of the molecule is C1CCOC1.C1CCOC1.O=c1ccn([C@@H]2O[C@H](CO)[C@@H](O)[C@H]2O)c(=O)[nH]1. The van der Waals surface area contributed by atoms with Crippen LogP contribution in [0.1, 0.15) is 31.9 Å². The van der Waals surface area contributed by atoms with Crippen molar-refractivity contribution < 1.29 is 29.5 Å². The summed E-state index contributed by atoms with van der Waals surface area (Å²) in [7, 11) is 0. The Morgan fingerprint density at radius 1 is 1.00 bits per heavy atom. The molecule has 154 valence electrons. The van der Waals surface area contributed by atoms with E-state index in [0.717, 1.165) is 43.3 Å². The fourth-order valence-corrected chi connectivity index (χ4v) is 2.76. The standard InChI is InChI=1S/C9H12N2O6.2C4H8O/c12-3-4-6(14)7(15)8(17-4)11-2-1-5(13)10-9(11)16;2*1-2-4-5-3-1/h1-2,4,6-8,12,14-15H,3H2,(H,10,13,16);2*1-4H2/t4-,6-,7-,8-;;/m1../s1. The zero-order valence-electron chi connectivity index (χ0n) is 15.2. The molecule has 0 unspecified atom stereocenters. The van der Waals surface area contributed by atoms with Crippen LogP contribution >= 0.6 is 0 Å². The lowest BCUT2D eigenvalue weighted by atomic mass is 10.1. The molecule has 4 rings (SSSR count). The molecule has 0 aromatic carbocycles. The van der Waals surface area contributed by atoms with Gasteiger partial charge in [-0.25, -0.2) is 4.79 Å². The summed E-state index contributed by atoms with van der Waals surface area (Å²) >= 11 is 0. The van der Waals surface area contributed by atoms with Crippen LogP contribution in [0.4, 0.5) is 0 Å². The summed E-state index contributed by atoms with van der Waals surface area (Å²) in [6.45, 7) is 3.52. The van der Waals surface area contributed by atoms with Gasteiger partial charge in [0.05, 0.1) is 6.61 Å². The van der Waals surface area contributed by atoms with Crippen LogP contribution < -0.4 is 11.2 Å². The third-order valence-corrected chi connectivity index (χ3v) is 4.30. The quantitative estimate of drug-likeness (QED) is 0.492. The Bertz CT molecular complexity index is 628. The minimum atomic E-state index is -1.35. The minimum absolute atomic E-state index is 0.479. The molecule has 3 aliphatic heterocycles. The van der Waals surface area contributed by atoms with E-state index >= 15 is 0 Å². The smallest absolute Gasteiger partial charge is 0.330 e. The molecule has 3 aliphatic rings. The van der Waals surface area contributed by atoms with Crippen LogP contribution in [-0.4, -0.2) is 76.2 Å². The Morgan fingerprint density at radius 2 is 1.56 bits per heavy atom. The maximum Gasteiger partial charge on any atom is 0.330 e. The number of aliphatic hydroxyl groups excluding tert-OH is 3. The molecule has 3 fully saturated rings. The summed E-state index contributed by atoms with van der Waals surface area (Å²) in [6.07, 6.45) is 1.53. The molecule has 0 amide bonds. The highest BCUT2D eigenvalue weighted by Crippen LogP contribution is 2.27. The molecule has 4 heterocycles. The first kappa shape index (κ1) is 21.7. The molecule has 0 radical (unpaired) electrons. The van der Waals surface area contributed by atoms with Crippen LogP contribution in [0.5, 0.6) is 0 Å². The topological polar surface area (TPSA) is 143 Å². The lowest BCUT2D eigenvalue weighted by Gasteiger charge is -2.16. The number of aromatic nitrogens is 2. The predicted molar refractivity (Wildman–Crippen MR) is 94.4 cm³/mol. The van der Waals surface area contributed by atoms with Gasteiger partial charge in [-0.15, -0.1) is 0 Å². The zero-order valence-corrected chi connectivity index (χ0v) is 15.2. The van der Waals surface area contributed by atoms with Gasteiger partial charge < -0.3 is 29.5 Å². The summed E-state index contributed by atoms with van der Waals surface area (Å²) < 4.78 is 16.0. The van der Waals surface area contributed by atoms with Crippen LogP contribution in [0, 0.1) is 0 Å². The van der Waals surface area contributed by atoms with Gasteiger partial charge in [0.1, 0.15) is 18.3 Å². The van der Waals surface area contributed by atoms with Crippen molar-refractivity contribution in [1.82, 2.24) is 9.55 Å². The summed E-state index contributed by atoms with van der Waals surface area (Å²) in [5.74, 6) is 0. The molecular weight excluding hydrogens is 360 g/mol. The highest BCUT2D eigenvalue weighted by Gasteiger charge is 2.43. The zero-order chi connectivity index (χ0) is 19.6. The van der Waals surface area contributed by atoms with E-state index in [2.05, 4.69) is 0 Å². The second-order valence-electron chi connectivity index (χ2n) is 6.39. The van der Waals surface area contributed by atoms with Crippen molar-refractivity contribution in [3.63, 3.8) is 0 Å². The van der Waals surface area contributed by atoms with Crippen molar-refractivity contribution in [2.75, 3.05) is 33.0 Å². The van der Waals surface area contributed by atoms with Crippen molar-refractivity contribution >= 4 is 0 Å². The van der Waals surface area contributed by atoms with Gasteiger partial charge in [-0.2, -0.15) is 0 Å². The number of aliphatic hydroxyl groups is 3. The van der Waals surface area contributed by atoms with Gasteiger partial charge in [-0.3, -0.25) is 14.3 Å². The van der Waals surface area contributed by atoms with E-state index in [1.807, 2.05) is 4.98 Å². The molecule has 4 N–H and O–H groups in total. The molecule has 10 nitrogen and oxygen atoms in total. The third kappa shape index (κ3) is 6.52. The Hall–Kier alpha value is -1.56. The monoisotopic (exact) mass is 388 g/mol. The second kappa shape index (κ2) is 11.3. The number of hydrogen-bond donors (Lipinski definition) is 4. The van der Waals surface area contributed by atoms with Crippen molar-refractivity contribution in [1.29, 1.82) is 0 Å². The molecule has 0 aliphatic carbocycles. The fraction of sp³-hybridized carbons (Fsp3) is 0.765. The van der Waals surface area contributed by atoms with E-state index in [-0.39, 0.29) is 0 Å². The highest BCUT2D eigenvalue weighted by atomic mass is 16.6. The molecule has 27 heavy (non-hydrogen) atoms. The van der Waals surface area contributed by atoms with Gasteiger partial charge >= 0.3 is 5.69 Å². The fourth-order valence-electron chi connectivity index (χ4n) is 2.76. The predicted octanol–water partition coefficient (Wildman–Crippen LogP) is -1.26. The first-order chi connectivity index (χ1) is 13.0. The van der Waals surface area contributed by atoms with Crippen LogP contribution in [-0.2, 0) is 14.2 Å². The molecule has 1 aromatic heterocycles. The highest BCUT2D eigenvalue weighted by molar-refractivity contribution is 4.92. The molecular formula is C17H28N2O8. The first-order valence-electron chi connectivity index (χ1n) is 9.14. The molecule has 4 atom stereocenters. The van der Waals surface area contributed by atoms with Crippen molar-refractivity contribution in [2.24, 2.45) is 0 Å². The average molecular weight is 388 g/mol. The number of hydrogen-bond acceptors (Lipinski definition) is 8. The van der Waals surface area contributed by atoms with Crippen LogP contribution in [0.15, 0.2) is 21.9 Å². The Labute approximate surface area is 156 Å². The van der Waals surface area contributed by atoms with E-state index in [9.17, 15) is 19.8 Å². The van der Waals surface area contributed by atoms with Crippen molar-refractivity contribution in [3.05, 3.63) is 33.1 Å². The Balaban J connectivity index is 0.000000210. The summed E-state index contributed by atoms with van der Waals surface area (Å²) in [6, 6.07) is 1.09. The number of aromatic amines is 1. The number of H-pyrrole nitrogens is 1. The van der Waals surface area contributed by atoms with E-state index in [4.69, 9.17) is 19.3 Å². The maximum absolute atomic E-state index is 11.4. The van der Waals surface area contributed by atoms with Gasteiger partial charge in [-0.1, -0.05) is 0 Å². The van der Waals surface area contributed by atoms with Crippen molar-refractivity contribution in [3.8, 4) is 0 Å². The van der Waals surface area contributed by atoms with Crippen molar-refractivity contribution in [2.45, 2.75) is 50.2 Å². The van der Waals surface area contributed by atoms with Gasteiger partial charge in [0, 0.05) is 38.7 Å². The lowest BCUT2D eigenvalue weighted by Crippen LogP contribution is -2.37. The average Bonchev–Trinajstić information content (AvgIpc) is 3.42. The molecule has 10 heteroatoms. The molecule has 0 bridgehead atoms. The van der Waals surface area contributed by atoms with Gasteiger partial charge in [0.25, 0.3) is 5.56 Å². The van der Waals surface area contributed by atoms with E-state index in [1.54, 1.807) is 0 Å². The number of rotatable bonds is 2. The van der Waals surface area contributed by atoms with Crippen LogP contribution in [0.25, 0.3) is 0 Å². The van der Waals surface area contributed by atoms with Gasteiger partial charge in [-0.05, 0) is 25.7 Å². The number of nitrogens with zero attached hydrogens (tertiary/aromatic N) is 1. The molecule has 1 aromatic rings.